The van der Waals surface area contributed by atoms with E-state index in [0.717, 1.165) is 18.7 Å². The molecule has 0 unspecified atom stereocenters. The lowest BCUT2D eigenvalue weighted by Gasteiger charge is -2.16. The van der Waals surface area contributed by atoms with Crippen LogP contribution in [0.4, 0.5) is 5.82 Å². The Labute approximate surface area is 161 Å². The number of nitrogens with zero attached hydrogens (tertiary/aromatic N) is 5. The molecule has 0 bridgehead atoms. The van der Waals surface area contributed by atoms with E-state index in [-0.39, 0.29) is 0 Å². The van der Waals surface area contributed by atoms with Crippen LogP contribution in [0.2, 0.25) is 0 Å². The van der Waals surface area contributed by atoms with Crippen molar-refractivity contribution in [2.24, 2.45) is 0 Å². The number of benzene rings is 1. The third-order valence-corrected chi connectivity index (χ3v) is 5.25. The molecule has 2 fully saturated rings. The van der Waals surface area contributed by atoms with Gasteiger partial charge in [-0.3, -0.25) is 9.47 Å². The Morgan fingerprint density at radius 3 is 2.68 bits per heavy atom. The van der Waals surface area contributed by atoms with Crippen molar-refractivity contribution in [1.82, 2.24) is 24.4 Å². The number of aliphatic hydroxyl groups is 2. The van der Waals surface area contributed by atoms with Crippen LogP contribution in [0.5, 0.6) is 0 Å². The summed E-state index contributed by atoms with van der Waals surface area (Å²) in [6.07, 6.45) is -0.121. The summed E-state index contributed by atoms with van der Waals surface area (Å²) < 4.78 is 7.63. The summed E-state index contributed by atoms with van der Waals surface area (Å²) in [5.41, 5.74) is 2.27. The van der Waals surface area contributed by atoms with E-state index in [1.165, 1.54) is 6.33 Å². The number of fused-ring (bicyclic) bond motifs is 1. The highest BCUT2D eigenvalue weighted by Gasteiger charge is 2.45. The summed E-state index contributed by atoms with van der Waals surface area (Å²) >= 11 is 0. The van der Waals surface area contributed by atoms with E-state index < -0.39 is 24.5 Å². The number of nitrogens with one attached hydrogen (secondary N) is 1. The van der Waals surface area contributed by atoms with Crippen LogP contribution in [0.1, 0.15) is 11.8 Å². The summed E-state index contributed by atoms with van der Waals surface area (Å²) in [6.45, 7) is 3.23. The largest absolute Gasteiger partial charge is 0.387 e. The minimum absolute atomic E-state index is 0.433. The molecule has 3 aromatic rings. The number of imidazole rings is 1. The fourth-order valence-electron chi connectivity index (χ4n) is 3.57. The minimum atomic E-state index is -1.04. The van der Waals surface area contributed by atoms with Gasteiger partial charge in [-0.2, -0.15) is 0 Å². The Balaban J connectivity index is 1.39. The summed E-state index contributed by atoms with van der Waals surface area (Å²) in [4.78, 5) is 15.2. The van der Waals surface area contributed by atoms with E-state index in [1.807, 2.05) is 30.3 Å². The standard InChI is InChI=1S/C19H22N6O3/c26-15-13(9-24-6-7-24)28-19(16(15)27)25-11-23-14-17(21-10-22-18(14)25)20-8-12-4-2-1-3-5-12/h1-5,10-11,13,15-16,19,26-27H,6-9H2,(H,20,21,22)/t13-,15-,16-,19-/m1/s1. The molecule has 146 valence electrons. The quantitative estimate of drug-likeness (QED) is 0.525. The molecule has 1 aromatic carbocycles. The van der Waals surface area contributed by atoms with Crippen molar-refractivity contribution >= 4 is 17.0 Å². The molecule has 2 saturated heterocycles. The lowest BCUT2D eigenvalue weighted by molar-refractivity contribution is -0.0375. The molecule has 0 aliphatic carbocycles. The molecule has 0 radical (unpaired) electrons. The SMILES string of the molecule is O[C@@H]1[C@H](O)[C@@H](CN2CC2)O[C@H]1n1cnc2c(NCc3ccccc3)ncnc21. The molecule has 9 heteroatoms. The van der Waals surface area contributed by atoms with Crippen LogP contribution in [0.3, 0.4) is 0 Å². The van der Waals surface area contributed by atoms with E-state index in [2.05, 4.69) is 25.2 Å². The average Bonchev–Trinajstić information content (AvgIpc) is 3.38. The summed E-state index contributed by atoms with van der Waals surface area (Å²) in [7, 11) is 0. The minimum Gasteiger partial charge on any atom is -0.387 e. The molecule has 0 spiro atoms. The van der Waals surface area contributed by atoms with Gasteiger partial charge >= 0.3 is 0 Å². The Kier molecular flexibility index (Phi) is 4.44. The maximum absolute atomic E-state index is 10.5. The van der Waals surface area contributed by atoms with Gasteiger partial charge in [0.1, 0.15) is 24.6 Å². The average molecular weight is 382 g/mol. The second-order valence-electron chi connectivity index (χ2n) is 7.23. The van der Waals surface area contributed by atoms with E-state index in [0.29, 0.717) is 30.1 Å². The molecule has 2 aromatic heterocycles. The first-order chi connectivity index (χ1) is 13.7. The molecule has 5 rings (SSSR count). The first-order valence-electron chi connectivity index (χ1n) is 9.40. The number of hydrogen-bond donors (Lipinski definition) is 3. The zero-order chi connectivity index (χ0) is 19.1. The second-order valence-corrected chi connectivity index (χ2v) is 7.23. The van der Waals surface area contributed by atoms with Crippen molar-refractivity contribution in [3.05, 3.63) is 48.5 Å². The molecular formula is C19H22N6O3. The van der Waals surface area contributed by atoms with Crippen molar-refractivity contribution in [1.29, 1.82) is 0 Å². The number of anilines is 1. The van der Waals surface area contributed by atoms with Gasteiger partial charge in [-0.25, -0.2) is 15.0 Å². The number of aliphatic hydroxyl groups excluding tert-OH is 2. The van der Waals surface area contributed by atoms with E-state index in [4.69, 9.17) is 4.74 Å². The predicted molar refractivity (Wildman–Crippen MR) is 101 cm³/mol. The van der Waals surface area contributed by atoms with Crippen LogP contribution in [0.25, 0.3) is 11.2 Å². The summed E-state index contributed by atoms with van der Waals surface area (Å²) in [5, 5.41) is 24.2. The monoisotopic (exact) mass is 382 g/mol. The van der Waals surface area contributed by atoms with Gasteiger partial charge in [-0.1, -0.05) is 30.3 Å². The van der Waals surface area contributed by atoms with Gasteiger partial charge in [0.2, 0.25) is 0 Å². The van der Waals surface area contributed by atoms with Crippen molar-refractivity contribution in [2.45, 2.75) is 31.1 Å². The zero-order valence-electron chi connectivity index (χ0n) is 15.2. The molecule has 0 saturated carbocycles. The Bertz CT molecular complexity index is 961. The molecule has 28 heavy (non-hydrogen) atoms. The van der Waals surface area contributed by atoms with E-state index in [9.17, 15) is 10.2 Å². The number of aromatic nitrogens is 4. The maximum atomic E-state index is 10.5. The van der Waals surface area contributed by atoms with Gasteiger partial charge in [0.05, 0.1) is 6.33 Å². The molecule has 4 atom stereocenters. The third kappa shape index (κ3) is 3.22. The van der Waals surface area contributed by atoms with Crippen molar-refractivity contribution < 1.29 is 14.9 Å². The van der Waals surface area contributed by atoms with E-state index in [1.54, 1.807) is 10.9 Å². The Morgan fingerprint density at radius 1 is 1.07 bits per heavy atom. The molecule has 2 aliphatic heterocycles. The highest BCUT2D eigenvalue weighted by Crippen LogP contribution is 2.33. The maximum Gasteiger partial charge on any atom is 0.167 e. The summed E-state index contributed by atoms with van der Waals surface area (Å²) in [6, 6.07) is 10.0. The van der Waals surface area contributed by atoms with Crippen LogP contribution < -0.4 is 5.32 Å². The normalized spacial score (nSPS) is 27.4. The first kappa shape index (κ1) is 17.5. The van der Waals surface area contributed by atoms with Crippen molar-refractivity contribution in [2.75, 3.05) is 25.0 Å². The second kappa shape index (κ2) is 7.10. The van der Waals surface area contributed by atoms with E-state index >= 15 is 0 Å². The lowest BCUT2D eigenvalue weighted by Crippen LogP contribution is -2.35. The number of hydrogen-bond acceptors (Lipinski definition) is 8. The van der Waals surface area contributed by atoms with Crippen molar-refractivity contribution in [3.8, 4) is 0 Å². The van der Waals surface area contributed by atoms with Gasteiger partial charge in [0, 0.05) is 26.2 Å². The van der Waals surface area contributed by atoms with Gasteiger partial charge in [-0.15, -0.1) is 0 Å². The number of rotatable bonds is 6. The van der Waals surface area contributed by atoms with Gasteiger partial charge in [0.25, 0.3) is 0 Å². The molecule has 3 N–H and O–H groups in total. The Hall–Kier alpha value is -2.59. The summed E-state index contributed by atoms with van der Waals surface area (Å²) in [5.74, 6) is 0.612. The molecule has 0 amide bonds. The molecule has 2 aliphatic rings. The smallest absolute Gasteiger partial charge is 0.167 e. The van der Waals surface area contributed by atoms with Crippen LogP contribution in [0, 0.1) is 0 Å². The topological polar surface area (TPSA) is 108 Å². The fraction of sp³-hybridized carbons (Fsp3) is 0.421. The van der Waals surface area contributed by atoms with Crippen LogP contribution >= 0.6 is 0 Å². The van der Waals surface area contributed by atoms with Gasteiger partial charge in [0.15, 0.2) is 23.2 Å². The first-order valence-corrected chi connectivity index (χ1v) is 9.40. The van der Waals surface area contributed by atoms with Crippen LogP contribution in [0.15, 0.2) is 43.0 Å². The molecule has 4 heterocycles. The number of ether oxygens (including phenoxy) is 1. The fourth-order valence-corrected chi connectivity index (χ4v) is 3.57. The zero-order valence-corrected chi connectivity index (χ0v) is 15.2. The van der Waals surface area contributed by atoms with Crippen LogP contribution in [-0.2, 0) is 11.3 Å². The van der Waals surface area contributed by atoms with Gasteiger partial charge in [-0.05, 0) is 5.56 Å². The third-order valence-electron chi connectivity index (χ3n) is 5.25. The lowest BCUT2D eigenvalue weighted by atomic mass is 10.1. The predicted octanol–water partition coefficient (Wildman–Crippen LogP) is 0.373. The Morgan fingerprint density at radius 2 is 1.89 bits per heavy atom. The van der Waals surface area contributed by atoms with Crippen LogP contribution in [-0.4, -0.2) is 72.6 Å². The van der Waals surface area contributed by atoms with Crippen molar-refractivity contribution in [3.63, 3.8) is 0 Å². The van der Waals surface area contributed by atoms with Gasteiger partial charge < -0.3 is 20.3 Å². The molecular weight excluding hydrogens is 360 g/mol. The molecule has 9 nitrogen and oxygen atoms in total. The highest BCUT2D eigenvalue weighted by atomic mass is 16.6. The highest BCUT2D eigenvalue weighted by molar-refractivity contribution is 5.82.